The number of benzene rings is 1. The fourth-order valence-electron chi connectivity index (χ4n) is 2.64. The molecular formula is C15H21NO3. The number of hydrogen-bond acceptors (Lipinski definition) is 3. The molecule has 0 aliphatic carbocycles. The van der Waals surface area contributed by atoms with E-state index in [2.05, 4.69) is 13.8 Å². The number of methoxy groups -OCH3 is 1. The summed E-state index contributed by atoms with van der Waals surface area (Å²) in [6.45, 7) is 4.98. The van der Waals surface area contributed by atoms with Gasteiger partial charge in [-0.1, -0.05) is 13.0 Å². The summed E-state index contributed by atoms with van der Waals surface area (Å²) in [7, 11) is 1.48. The van der Waals surface area contributed by atoms with Crippen molar-refractivity contribution in [2.75, 3.05) is 13.7 Å². The van der Waals surface area contributed by atoms with Crippen LogP contribution in [0.5, 0.6) is 11.5 Å². The van der Waals surface area contributed by atoms with Crippen LogP contribution < -0.4 is 4.74 Å². The SMILES string of the molecule is COc1cccc(C(=O)N2CCCC(C)C2C)c1O. The molecule has 4 nitrogen and oxygen atoms in total. The molecule has 2 atom stereocenters. The number of para-hydroxylation sites is 1. The molecule has 1 aromatic rings. The van der Waals surface area contributed by atoms with Gasteiger partial charge in [0.1, 0.15) is 0 Å². The van der Waals surface area contributed by atoms with Crippen molar-refractivity contribution in [3.8, 4) is 11.5 Å². The van der Waals surface area contributed by atoms with E-state index >= 15 is 0 Å². The number of ether oxygens (including phenoxy) is 1. The number of phenols is 1. The van der Waals surface area contributed by atoms with Crippen LogP contribution in [0.2, 0.25) is 0 Å². The lowest BCUT2D eigenvalue weighted by molar-refractivity contribution is 0.0547. The van der Waals surface area contributed by atoms with Gasteiger partial charge in [-0.25, -0.2) is 0 Å². The number of hydrogen-bond donors (Lipinski definition) is 1. The number of piperidine rings is 1. The average molecular weight is 263 g/mol. The molecule has 2 unspecified atom stereocenters. The van der Waals surface area contributed by atoms with E-state index in [1.54, 1.807) is 18.2 Å². The van der Waals surface area contributed by atoms with Crippen LogP contribution >= 0.6 is 0 Å². The van der Waals surface area contributed by atoms with Gasteiger partial charge in [-0.2, -0.15) is 0 Å². The van der Waals surface area contributed by atoms with Gasteiger partial charge in [-0.3, -0.25) is 4.79 Å². The summed E-state index contributed by atoms with van der Waals surface area (Å²) in [6.07, 6.45) is 2.16. The second kappa shape index (κ2) is 5.51. The van der Waals surface area contributed by atoms with Gasteiger partial charge in [0, 0.05) is 12.6 Å². The number of amides is 1. The normalized spacial score (nSPS) is 23.2. The number of aromatic hydroxyl groups is 1. The summed E-state index contributed by atoms with van der Waals surface area (Å²) in [6, 6.07) is 5.22. The number of carbonyl (C=O) groups is 1. The van der Waals surface area contributed by atoms with E-state index in [9.17, 15) is 9.90 Å². The smallest absolute Gasteiger partial charge is 0.258 e. The first-order valence-corrected chi connectivity index (χ1v) is 6.73. The number of phenolic OH excluding ortho intramolecular Hbond substituents is 1. The summed E-state index contributed by atoms with van der Waals surface area (Å²) in [5.41, 5.74) is 0.320. The van der Waals surface area contributed by atoms with Crippen LogP contribution in [0.1, 0.15) is 37.0 Å². The second-order valence-corrected chi connectivity index (χ2v) is 5.22. The average Bonchev–Trinajstić information content (AvgIpc) is 2.41. The highest BCUT2D eigenvalue weighted by Crippen LogP contribution is 2.32. The summed E-state index contributed by atoms with van der Waals surface area (Å²) in [5.74, 6) is 0.643. The fourth-order valence-corrected chi connectivity index (χ4v) is 2.64. The quantitative estimate of drug-likeness (QED) is 0.892. The van der Waals surface area contributed by atoms with E-state index in [4.69, 9.17) is 4.74 Å². The Bertz CT molecular complexity index is 472. The Kier molecular flexibility index (Phi) is 3.98. The highest BCUT2D eigenvalue weighted by molar-refractivity contribution is 5.97. The molecule has 1 N–H and O–H groups in total. The topological polar surface area (TPSA) is 49.8 Å². The fraction of sp³-hybridized carbons (Fsp3) is 0.533. The van der Waals surface area contributed by atoms with Crippen molar-refractivity contribution in [2.45, 2.75) is 32.7 Å². The Morgan fingerprint density at radius 1 is 1.42 bits per heavy atom. The van der Waals surface area contributed by atoms with Crippen molar-refractivity contribution in [3.63, 3.8) is 0 Å². The molecule has 1 aliphatic heterocycles. The maximum absolute atomic E-state index is 12.6. The van der Waals surface area contributed by atoms with Gasteiger partial charge in [-0.15, -0.1) is 0 Å². The molecule has 1 aromatic carbocycles. The first-order chi connectivity index (χ1) is 9.06. The van der Waals surface area contributed by atoms with Gasteiger partial charge in [-0.05, 0) is 37.8 Å². The summed E-state index contributed by atoms with van der Waals surface area (Å²) >= 11 is 0. The Labute approximate surface area is 114 Å². The molecule has 0 aromatic heterocycles. The summed E-state index contributed by atoms with van der Waals surface area (Å²) < 4.78 is 5.05. The van der Waals surface area contributed by atoms with Crippen molar-refractivity contribution in [1.29, 1.82) is 0 Å². The zero-order valence-corrected chi connectivity index (χ0v) is 11.7. The predicted molar refractivity (Wildman–Crippen MR) is 73.6 cm³/mol. The summed E-state index contributed by atoms with van der Waals surface area (Å²) in [5, 5.41) is 10.1. The number of carbonyl (C=O) groups excluding carboxylic acids is 1. The largest absolute Gasteiger partial charge is 0.504 e. The Morgan fingerprint density at radius 3 is 2.84 bits per heavy atom. The van der Waals surface area contributed by atoms with Crippen LogP contribution in [0.15, 0.2) is 18.2 Å². The molecule has 0 bridgehead atoms. The Balaban J connectivity index is 2.29. The van der Waals surface area contributed by atoms with E-state index in [0.29, 0.717) is 17.2 Å². The first kappa shape index (κ1) is 13.7. The molecule has 1 aliphatic rings. The molecule has 1 amide bonds. The molecule has 1 saturated heterocycles. The first-order valence-electron chi connectivity index (χ1n) is 6.73. The van der Waals surface area contributed by atoms with E-state index in [1.165, 1.54) is 7.11 Å². The predicted octanol–water partition coefficient (Wildman–Crippen LogP) is 2.66. The van der Waals surface area contributed by atoms with Gasteiger partial charge in [0.25, 0.3) is 5.91 Å². The molecular weight excluding hydrogens is 242 g/mol. The minimum absolute atomic E-state index is 0.0690. The zero-order chi connectivity index (χ0) is 14.0. The molecule has 4 heteroatoms. The van der Waals surface area contributed by atoms with Crippen molar-refractivity contribution >= 4 is 5.91 Å². The maximum Gasteiger partial charge on any atom is 0.258 e. The van der Waals surface area contributed by atoms with Gasteiger partial charge in [0.2, 0.25) is 0 Å². The third-order valence-electron chi connectivity index (χ3n) is 4.08. The van der Waals surface area contributed by atoms with Crippen LogP contribution in [0.3, 0.4) is 0 Å². The van der Waals surface area contributed by atoms with Gasteiger partial charge < -0.3 is 14.7 Å². The molecule has 0 saturated carbocycles. The Hall–Kier alpha value is -1.71. The Morgan fingerprint density at radius 2 is 2.16 bits per heavy atom. The lowest BCUT2D eigenvalue weighted by atomic mass is 9.91. The lowest BCUT2D eigenvalue weighted by Crippen LogP contribution is -2.46. The second-order valence-electron chi connectivity index (χ2n) is 5.22. The third-order valence-corrected chi connectivity index (χ3v) is 4.08. The van der Waals surface area contributed by atoms with Crippen LogP contribution in [0.4, 0.5) is 0 Å². The molecule has 0 radical (unpaired) electrons. The number of likely N-dealkylation sites (tertiary alicyclic amines) is 1. The molecule has 1 fully saturated rings. The molecule has 1 heterocycles. The minimum atomic E-state index is -0.115. The van der Waals surface area contributed by atoms with Gasteiger partial charge in [0.15, 0.2) is 11.5 Å². The highest BCUT2D eigenvalue weighted by Gasteiger charge is 2.30. The molecule has 104 valence electrons. The highest BCUT2D eigenvalue weighted by atomic mass is 16.5. The summed E-state index contributed by atoms with van der Waals surface area (Å²) in [4.78, 5) is 14.4. The van der Waals surface area contributed by atoms with Crippen LogP contribution in [0, 0.1) is 5.92 Å². The lowest BCUT2D eigenvalue weighted by Gasteiger charge is -2.38. The van der Waals surface area contributed by atoms with Crippen LogP contribution in [0.25, 0.3) is 0 Å². The maximum atomic E-state index is 12.6. The molecule has 0 spiro atoms. The van der Waals surface area contributed by atoms with Crippen molar-refractivity contribution in [1.82, 2.24) is 4.90 Å². The van der Waals surface area contributed by atoms with E-state index in [1.807, 2.05) is 4.90 Å². The molecule has 19 heavy (non-hydrogen) atoms. The monoisotopic (exact) mass is 263 g/mol. The van der Waals surface area contributed by atoms with Crippen LogP contribution in [-0.2, 0) is 0 Å². The van der Waals surface area contributed by atoms with Crippen LogP contribution in [-0.4, -0.2) is 35.6 Å². The number of rotatable bonds is 2. The van der Waals surface area contributed by atoms with Crippen molar-refractivity contribution in [2.24, 2.45) is 5.92 Å². The van der Waals surface area contributed by atoms with Crippen molar-refractivity contribution < 1.29 is 14.6 Å². The third kappa shape index (κ3) is 2.53. The van der Waals surface area contributed by atoms with E-state index in [-0.39, 0.29) is 17.7 Å². The van der Waals surface area contributed by atoms with E-state index < -0.39 is 0 Å². The van der Waals surface area contributed by atoms with Gasteiger partial charge in [0.05, 0.1) is 12.7 Å². The molecule has 2 rings (SSSR count). The van der Waals surface area contributed by atoms with Gasteiger partial charge >= 0.3 is 0 Å². The van der Waals surface area contributed by atoms with E-state index in [0.717, 1.165) is 19.4 Å². The number of nitrogens with zero attached hydrogens (tertiary/aromatic N) is 1. The minimum Gasteiger partial charge on any atom is -0.504 e. The van der Waals surface area contributed by atoms with Crippen molar-refractivity contribution in [3.05, 3.63) is 23.8 Å². The zero-order valence-electron chi connectivity index (χ0n) is 11.7. The standard InChI is InChI=1S/C15H21NO3/c1-10-6-5-9-16(11(10)2)15(18)12-7-4-8-13(19-3)14(12)17/h4,7-8,10-11,17H,5-6,9H2,1-3H3.